The van der Waals surface area contributed by atoms with Crippen LogP contribution in [0.15, 0.2) is 35.8 Å². The Morgan fingerprint density at radius 2 is 2.05 bits per heavy atom. The van der Waals surface area contributed by atoms with E-state index in [9.17, 15) is 5.11 Å². The van der Waals surface area contributed by atoms with E-state index in [-0.39, 0.29) is 0 Å². The lowest BCUT2D eigenvalue weighted by Gasteiger charge is -2.13. The van der Waals surface area contributed by atoms with Crippen molar-refractivity contribution < 1.29 is 5.11 Å². The Morgan fingerprint density at radius 3 is 2.74 bits per heavy atom. The molecule has 102 valence electrons. The number of phenolic OH excluding ortho intramolecular Hbond substituents is 1. The Hall–Kier alpha value is -1.39. The smallest absolute Gasteiger partial charge is 0.115 e. The number of rotatable bonds is 7. The predicted molar refractivity (Wildman–Crippen MR) is 79.7 cm³/mol. The van der Waals surface area contributed by atoms with Crippen LogP contribution >= 0.6 is 11.3 Å². The zero-order valence-corrected chi connectivity index (χ0v) is 12.0. The van der Waals surface area contributed by atoms with Gasteiger partial charge in [-0.25, -0.2) is 4.98 Å². The second-order valence-electron chi connectivity index (χ2n) is 4.74. The molecule has 0 saturated carbocycles. The fraction of sp³-hybridized carbons (Fsp3) is 0.400. The molecule has 0 bridgehead atoms. The third-order valence-electron chi connectivity index (χ3n) is 3.12. The van der Waals surface area contributed by atoms with Crippen molar-refractivity contribution in [2.24, 2.45) is 0 Å². The third-order valence-corrected chi connectivity index (χ3v) is 3.96. The molecule has 2 N–H and O–H groups in total. The minimum atomic E-state index is 0.332. The largest absolute Gasteiger partial charge is 0.508 e. The van der Waals surface area contributed by atoms with Crippen LogP contribution in [0.25, 0.3) is 0 Å². The zero-order valence-electron chi connectivity index (χ0n) is 11.2. The van der Waals surface area contributed by atoms with Crippen LogP contribution in [0, 0.1) is 0 Å². The molecule has 2 aromatic rings. The Morgan fingerprint density at radius 1 is 1.26 bits per heavy atom. The molecule has 1 aromatic carbocycles. The van der Waals surface area contributed by atoms with E-state index in [4.69, 9.17) is 0 Å². The number of aryl methyl sites for hydroxylation is 1. The van der Waals surface area contributed by atoms with Crippen LogP contribution in [0.1, 0.15) is 23.9 Å². The lowest BCUT2D eigenvalue weighted by molar-refractivity contribution is 0.474. The van der Waals surface area contributed by atoms with Crippen LogP contribution in [0.5, 0.6) is 5.75 Å². The second-order valence-corrected chi connectivity index (χ2v) is 5.72. The fourth-order valence-corrected chi connectivity index (χ4v) is 2.57. The van der Waals surface area contributed by atoms with Crippen LogP contribution in [0.4, 0.5) is 0 Å². The number of hydrogen-bond donors (Lipinski definition) is 2. The van der Waals surface area contributed by atoms with Gasteiger partial charge in [0.1, 0.15) is 5.75 Å². The number of benzene rings is 1. The maximum absolute atomic E-state index is 9.22. The lowest BCUT2D eigenvalue weighted by Crippen LogP contribution is -2.28. The van der Waals surface area contributed by atoms with Gasteiger partial charge in [-0.2, -0.15) is 0 Å². The van der Waals surface area contributed by atoms with Gasteiger partial charge in [0.05, 0.1) is 5.01 Å². The number of aromatic nitrogens is 1. The molecule has 0 spiro atoms. The summed E-state index contributed by atoms with van der Waals surface area (Å²) < 4.78 is 0. The SMILES string of the molecule is CC(CCc1ccc(O)cc1)NCCc1nccs1. The molecule has 0 fully saturated rings. The Balaban J connectivity index is 1.64. The molecule has 0 amide bonds. The third kappa shape index (κ3) is 5.01. The summed E-state index contributed by atoms with van der Waals surface area (Å²) in [7, 11) is 0. The van der Waals surface area contributed by atoms with Crippen molar-refractivity contribution in [2.75, 3.05) is 6.54 Å². The van der Waals surface area contributed by atoms with Crippen molar-refractivity contribution in [1.82, 2.24) is 10.3 Å². The monoisotopic (exact) mass is 276 g/mol. The molecule has 3 nitrogen and oxygen atoms in total. The van der Waals surface area contributed by atoms with E-state index in [1.807, 2.05) is 23.7 Å². The van der Waals surface area contributed by atoms with Crippen molar-refractivity contribution in [3.63, 3.8) is 0 Å². The first-order valence-electron chi connectivity index (χ1n) is 6.63. The molecule has 1 atom stereocenters. The van der Waals surface area contributed by atoms with Crippen LogP contribution in [-0.4, -0.2) is 22.7 Å². The highest BCUT2D eigenvalue weighted by Gasteiger charge is 2.03. The van der Waals surface area contributed by atoms with Gasteiger partial charge < -0.3 is 10.4 Å². The first kappa shape index (κ1) is 14.0. The molecule has 1 unspecified atom stereocenters. The van der Waals surface area contributed by atoms with Gasteiger partial charge in [0, 0.05) is 30.6 Å². The minimum absolute atomic E-state index is 0.332. The van der Waals surface area contributed by atoms with Crippen LogP contribution < -0.4 is 5.32 Å². The molecule has 1 heterocycles. The molecule has 0 aliphatic heterocycles. The van der Waals surface area contributed by atoms with E-state index < -0.39 is 0 Å². The molecule has 1 aromatic heterocycles. The van der Waals surface area contributed by atoms with Crippen molar-refractivity contribution in [3.8, 4) is 5.75 Å². The van der Waals surface area contributed by atoms with E-state index in [0.29, 0.717) is 11.8 Å². The Labute approximate surface area is 118 Å². The quantitative estimate of drug-likeness (QED) is 0.817. The molecule has 2 rings (SSSR count). The molecule has 19 heavy (non-hydrogen) atoms. The summed E-state index contributed by atoms with van der Waals surface area (Å²) in [5, 5.41) is 16.0. The van der Waals surface area contributed by atoms with Gasteiger partial charge in [-0.1, -0.05) is 12.1 Å². The summed E-state index contributed by atoms with van der Waals surface area (Å²) >= 11 is 1.71. The normalized spacial score (nSPS) is 12.5. The van der Waals surface area contributed by atoms with E-state index in [0.717, 1.165) is 25.8 Å². The maximum Gasteiger partial charge on any atom is 0.115 e. The number of phenols is 1. The first-order chi connectivity index (χ1) is 9.24. The fourth-order valence-electron chi connectivity index (χ4n) is 1.95. The summed E-state index contributed by atoms with van der Waals surface area (Å²) in [5.41, 5.74) is 1.27. The predicted octanol–water partition coefficient (Wildman–Crippen LogP) is 3.00. The van der Waals surface area contributed by atoms with E-state index in [1.54, 1.807) is 23.5 Å². The number of aromatic hydroxyl groups is 1. The minimum Gasteiger partial charge on any atom is -0.508 e. The van der Waals surface area contributed by atoms with Gasteiger partial charge in [0.2, 0.25) is 0 Å². The Bertz CT molecular complexity index is 467. The van der Waals surface area contributed by atoms with Gasteiger partial charge in [0.15, 0.2) is 0 Å². The number of nitrogens with zero attached hydrogens (tertiary/aromatic N) is 1. The van der Waals surface area contributed by atoms with Crippen LogP contribution in [0.2, 0.25) is 0 Å². The molecule has 4 heteroatoms. The van der Waals surface area contributed by atoms with Crippen molar-refractivity contribution in [3.05, 3.63) is 46.4 Å². The van der Waals surface area contributed by atoms with Gasteiger partial charge in [-0.05, 0) is 37.5 Å². The molecule has 0 saturated heterocycles. The van der Waals surface area contributed by atoms with E-state index in [1.165, 1.54) is 10.6 Å². The standard InChI is InChI=1S/C15H20N2OS/c1-12(16-9-8-15-17-10-11-19-15)2-3-13-4-6-14(18)7-5-13/h4-7,10-12,16,18H,2-3,8-9H2,1H3. The van der Waals surface area contributed by atoms with Crippen LogP contribution in [-0.2, 0) is 12.8 Å². The van der Waals surface area contributed by atoms with Crippen molar-refractivity contribution >= 4 is 11.3 Å². The highest BCUT2D eigenvalue weighted by molar-refractivity contribution is 7.09. The highest BCUT2D eigenvalue weighted by Crippen LogP contribution is 2.12. The van der Waals surface area contributed by atoms with E-state index in [2.05, 4.69) is 17.2 Å². The molecular weight excluding hydrogens is 256 g/mol. The lowest BCUT2D eigenvalue weighted by atomic mass is 10.1. The van der Waals surface area contributed by atoms with Gasteiger partial charge in [-0.3, -0.25) is 0 Å². The molecular formula is C15H20N2OS. The number of hydrogen-bond acceptors (Lipinski definition) is 4. The maximum atomic E-state index is 9.22. The number of thiazole rings is 1. The van der Waals surface area contributed by atoms with Crippen molar-refractivity contribution in [2.45, 2.75) is 32.2 Å². The summed E-state index contributed by atoms with van der Waals surface area (Å²) in [5.74, 6) is 0.332. The van der Waals surface area contributed by atoms with E-state index >= 15 is 0 Å². The topological polar surface area (TPSA) is 45.1 Å². The van der Waals surface area contributed by atoms with Gasteiger partial charge in [-0.15, -0.1) is 11.3 Å². The van der Waals surface area contributed by atoms with Crippen molar-refractivity contribution in [1.29, 1.82) is 0 Å². The number of nitrogens with one attached hydrogen (secondary N) is 1. The summed E-state index contributed by atoms with van der Waals surface area (Å²) in [4.78, 5) is 4.27. The summed E-state index contributed by atoms with van der Waals surface area (Å²) in [6.45, 7) is 3.19. The van der Waals surface area contributed by atoms with Gasteiger partial charge in [0.25, 0.3) is 0 Å². The molecule has 0 aliphatic carbocycles. The molecule has 0 aliphatic rings. The zero-order chi connectivity index (χ0) is 13.5. The Kier molecular flexibility index (Phi) is 5.36. The average molecular weight is 276 g/mol. The molecule has 0 radical (unpaired) electrons. The average Bonchev–Trinajstić information content (AvgIpc) is 2.91. The second kappa shape index (κ2) is 7.26. The van der Waals surface area contributed by atoms with Gasteiger partial charge >= 0.3 is 0 Å². The summed E-state index contributed by atoms with van der Waals surface area (Å²) in [6, 6.07) is 7.95. The summed E-state index contributed by atoms with van der Waals surface area (Å²) in [6.07, 6.45) is 4.99. The van der Waals surface area contributed by atoms with Crippen LogP contribution in [0.3, 0.4) is 0 Å². The first-order valence-corrected chi connectivity index (χ1v) is 7.51. The highest BCUT2D eigenvalue weighted by atomic mass is 32.1.